The van der Waals surface area contributed by atoms with Gasteiger partial charge in [0.1, 0.15) is 6.04 Å². The van der Waals surface area contributed by atoms with E-state index in [-0.39, 0.29) is 6.04 Å². The zero-order valence-electron chi connectivity index (χ0n) is 11.0. The quantitative estimate of drug-likeness (QED) is 0.903. The smallest absolute Gasteiger partial charge is 0.159 e. The number of nitriles is 1. The lowest BCUT2D eigenvalue weighted by Crippen LogP contribution is -2.39. The highest BCUT2D eigenvalue weighted by Gasteiger charge is 2.24. The van der Waals surface area contributed by atoms with E-state index in [0.717, 1.165) is 31.4 Å². The molecular weight excluding hydrogens is 246 g/mol. The van der Waals surface area contributed by atoms with Crippen LogP contribution < -0.4 is 5.32 Å². The number of rotatable bonds is 3. The second kappa shape index (κ2) is 6.12. The van der Waals surface area contributed by atoms with Gasteiger partial charge in [-0.2, -0.15) is 5.26 Å². The van der Waals surface area contributed by atoms with Crippen LogP contribution in [-0.4, -0.2) is 6.04 Å². The summed E-state index contributed by atoms with van der Waals surface area (Å²) in [5, 5.41) is 12.5. The van der Waals surface area contributed by atoms with Crippen LogP contribution in [0, 0.1) is 28.9 Å². The molecule has 4 heteroatoms. The Morgan fingerprint density at radius 3 is 2.63 bits per heavy atom. The normalized spacial score (nSPS) is 24.7. The van der Waals surface area contributed by atoms with Gasteiger partial charge in [0, 0.05) is 6.04 Å². The Morgan fingerprint density at radius 1 is 1.26 bits per heavy atom. The third-order valence-electron chi connectivity index (χ3n) is 3.90. The van der Waals surface area contributed by atoms with Crippen molar-refractivity contribution in [1.29, 1.82) is 5.26 Å². The molecule has 1 aromatic carbocycles. The number of nitrogens with one attached hydrogen (secondary N) is 1. The maximum atomic E-state index is 13.2. The number of benzene rings is 1. The maximum absolute atomic E-state index is 13.2. The van der Waals surface area contributed by atoms with E-state index in [2.05, 4.69) is 18.3 Å². The Morgan fingerprint density at radius 2 is 2.00 bits per heavy atom. The largest absolute Gasteiger partial charge is 0.295 e. The maximum Gasteiger partial charge on any atom is 0.159 e. The van der Waals surface area contributed by atoms with Crippen molar-refractivity contribution in [3.8, 4) is 6.07 Å². The molecule has 3 atom stereocenters. The molecule has 2 rings (SSSR count). The molecule has 1 saturated carbocycles. The molecule has 0 saturated heterocycles. The van der Waals surface area contributed by atoms with Crippen LogP contribution in [0.5, 0.6) is 0 Å². The number of halogens is 2. The van der Waals surface area contributed by atoms with Gasteiger partial charge in [-0.25, -0.2) is 8.78 Å². The molecule has 2 nitrogen and oxygen atoms in total. The Balaban J connectivity index is 2.11. The summed E-state index contributed by atoms with van der Waals surface area (Å²) >= 11 is 0. The van der Waals surface area contributed by atoms with Gasteiger partial charge in [0.25, 0.3) is 0 Å². The summed E-state index contributed by atoms with van der Waals surface area (Å²) in [6.07, 6.45) is 4.55. The summed E-state index contributed by atoms with van der Waals surface area (Å²) in [5.74, 6) is -1.28. The van der Waals surface area contributed by atoms with E-state index in [4.69, 9.17) is 0 Å². The number of hydrogen-bond acceptors (Lipinski definition) is 2. The molecule has 1 N–H and O–H groups in total. The van der Waals surface area contributed by atoms with Crippen molar-refractivity contribution in [3.63, 3.8) is 0 Å². The Hall–Kier alpha value is -1.47. The monoisotopic (exact) mass is 264 g/mol. The average Bonchev–Trinajstić information content (AvgIpc) is 2.41. The molecule has 0 aromatic heterocycles. The van der Waals surface area contributed by atoms with Crippen LogP contribution in [0.1, 0.15) is 44.2 Å². The zero-order valence-corrected chi connectivity index (χ0v) is 11.0. The molecule has 0 spiro atoms. The van der Waals surface area contributed by atoms with Crippen molar-refractivity contribution in [3.05, 3.63) is 35.4 Å². The predicted octanol–water partition coefficient (Wildman–Crippen LogP) is 3.70. The van der Waals surface area contributed by atoms with Gasteiger partial charge < -0.3 is 0 Å². The fourth-order valence-corrected chi connectivity index (χ4v) is 2.68. The average molecular weight is 264 g/mol. The lowest BCUT2D eigenvalue weighted by molar-refractivity contribution is 0.271. The number of nitrogens with zero attached hydrogens (tertiary/aromatic N) is 1. The Bertz CT molecular complexity index is 482. The van der Waals surface area contributed by atoms with Crippen LogP contribution in [0.2, 0.25) is 0 Å². The van der Waals surface area contributed by atoms with Gasteiger partial charge in [-0.1, -0.05) is 25.8 Å². The second-order valence-electron chi connectivity index (χ2n) is 5.27. The summed E-state index contributed by atoms with van der Waals surface area (Å²) < 4.78 is 26.1. The van der Waals surface area contributed by atoms with E-state index in [1.165, 1.54) is 12.5 Å². The fourth-order valence-electron chi connectivity index (χ4n) is 2.68. The third kappa shape index (κ3) is 3.30. The molecule has 1 aliphatic rings. The van der Waals surface area contributed by atoms with Crippen molar-refractivity contribution in [2.45, 2.75) is 44.7 Å². The van der Waals surface area contributed by atoms with Gasteiger partial charge in [0.2, 0.25) is 0 Å². The summed E-state index contributed by atoms with van der Waals surface area (Å²) in [6, 6.07) is 5.46. The number of hydrogen-bond donors (Lipinski definition) is 1. The van der Waals surface area contributed by atoms with E-state index >= 15 is 0 Å². The standard InChI is InChI=1S/C15H18F2N2/c1-10-4-2-3-5-14(10)19-15(9-18)11-6-7-12(16)13(17)8-11/h6-8,10,14-15,19H,2-5H2,1H3. The van der Waals surface area contributed by atoms with E-state index in [9.17, 15) is 14.0 Å². The predicted molar refractivity (Wildman–Crippen MR) is 69.3 cm³/mol. The van der Waals surface area contributed by atoms with E-state index in [0.29, 0.717) is 11.5 Å². The van der Waals surface area contributed by atoms with Crippen LogP contribution in [0.25, 0.3) is 0 Å². The topological polar surface area (TPSA) is 35.8 Å². The molecule has 0 heterocycles. The molecule has 1 aliphatic carbocycles. The molecule has 1 fully saturated rings. The van der Waals surface area contributed by atoms with Gasteiger partial charge in [0.15, 0.2) is 11.6 Å². The molecule has 0 amide bonds. The minimum atomic E-state index is -0.906. The Labute approximate surface area is 112 Å². The molecule has 19 heavy (non-hydrogen) atoms. The fraction of sp³-hybridized carbons (Fsp3) is 0.533. The van der Waals surface area contributed by atoms with Gasteiger partial charge in [0.05, 0.1) is 6.07 Å². The first-order valence-corrected chi connectivity index (χ1v) is 6.72. The van der Waals surface area contributed by atoms with E-state index in [1.54, 1.807) is 0 Å². The van der Waals surface area contributed by atoms with Crippen LogP contribution in [0.4, 0.5) is 8.78 Å². The summed E-state index contributed by atoms with van der Waals surface area (Å²) in [5.41, 5.74) is 0.485. The van der Waals surface area contributed by atoms with Gasteiger partial charge in [-0.05, 0) is 36.5 Å². The van der Waals surface area contributed by atoms with Gasteiger partial charge >= 0.3 is 0 Å². The highest BCUT2D eigenvalue weighted by Crippen LogP contribution is 2.26. The SMILES string of the molecule is CC1CCCCC1NC(C#N)c1ccc(F)c(F)c1. The molecule has 0 bridgehead atoms. The van der Waals surface area contributed by atoms with Crippen molar-refractivity contribution >= 4 is 0 Å². The first kappa shape index (κ1) is 14.0. The molecular formula is C15H18F2N2. The van der Waals surface area contributed by atoms with Crippen LogP contribution >= 0.6 is 0 Å². The zero-order chi connectivity index (χ0) is 13.8. The first-order chi connectivity index (χ1) is 9.11. The van der Waals surface area contributed by atoms with Gasteiger partial charge in [-0.3, -0.25) is 5.32 Å². The highest BCUT2D eigenvalue weighted by atomic mass is 19.2. The summed E-state index contributed by atoms with van der Waals surface area (Å²) in [4.78, 5) is 0. The summed E-state index contributed by atoms with van der Waals surface area (Å²) in [7, 11) is 0. The molecule has 0 radical (unpaired) electrons. The van der Waals surface area contributed by atoms with E-state index < -0.39 is 17.7 Å². The minimum absolute atomic E-state index is 0.270. The van der Waals surface area contributed by atoms with Crippen molar-refractivity contribution in [2.75, 3.05) is 0 Å². The van der Waals surface area contributed by atoms with E-state index in [1.807, 2.05) is 0 Å². The molecule has 0 aliphatic heterocycles. The molecule has 1 aromatic rings. The lowest BCUT2D eigenvalue weighted by Gasteiger charge is -2.31. The van der Waals surface area contributed by atoms with Crippen molar-refractivity contribution < 1.29 is 8.78 Å². The van der Waals surface area contributed by atoms with Crippen LogP contribution in [0.15, 0.2) is 18.2 Å². The molecule has 102 valence electrons. The van der Waals surface area contributed by atoms with Gasteiger partial charge in [-0.15, -0.1) is 0 Å². The minimum Gasteiger partial charge on any atom is -0.295 e. The Kier molecular flexibility index (Phi) is 4.49. The van der Waals surface area contributed by atoms with Crippen LogP contribution in [0.3, 0.4) is 0 Å². The third-order valence-corrected chi connectivity index (χ3v) is 3.90. The van der Waals surface area contributed by atoms with Crippen molar-refractivity contribution in [1.82, 2.24) is 5.32 Å². The molecule has 3 unspecified atom stereocenters. The van der Waals surface area contributed by atoms with Crippen LogP contribution in [-0.2, 0) is 0 Å². The summed E-state index contributed by atoms with van der Waals surface area (Å²) in [6.45, 7) is 2.16. The highest BCUT2D eigenvalue weighted by molar-refractivity contribution is 5.25. The first-order valence-electron chi connectivity index (χ1n) is 6.72. The second-order valence-corrected chi connectivity index (χ2v) is 5.27. The van der Waals surface area contributed by atoms with Crippen molar-refractivity contribution in [2.24, 2.45) is 5.92 Å². The lowest BCUT2D eigenvalue weighted by atomic mass is 9.85.